The molecule has 0 spiro atoms. The number of benzene rings is 1. The highest BCUT2D eigenvalue weighted by Gasteiger charge is 2.20. The number of hydrogen-bond donors (Lipinski definition) is 2. The van der Waals surface area contributed by atoms with Crippen molar-refractivity contribution in [1.82, 2.24) is 10.2 Å². The monoisotopic (exact) mass is 478 g/mol. The number of amides is 2. The van der Waals surface area contributed by atoms with Crippen LogP contribution in [0.25, 0.3) is 0 Å². The second kappa shape index (κ2) is 16.3. The Bertz CT molecular complexity index is 706. The molecular weight excluding hydrogens is 436 g/mol. The summed E-state index contributed by atoms with van der Waals surface area (Å²) in [7, 11) is 0. The molecule has 2 N–H and O–H groups in total. The highest BCUT2D eigenvalue weighted by atomic mass is 16.5. The standard InChI is InChI=1S/C26H42N2O6/c1-3-17-32-18-8-15-28(26(31)27-22-9-6-5-7-10-22)16-19-34-23-13-11-21(12-14-23)20-24(25(29)30)33-4-2/h11-14,22,24H,3-10,15-20H2,1-2H3,(H,27,31)(H,29,30). The number of nitrogens with zero attached hydrogens (tertiary/aromatic N) is 1. The number of aliphatic carboxylic acids is 1. The van der Waals surface area contributed by atoms with E-state index in [0.717, 1.165) is 37.9 Å². The molecule has 1 unspecified atom stereocenters. The first kappa shape index (κ1) is 27.9. The molecule has 1 aromatic rings. The topological polar surface area (TPSA) is 97.3 Å². The van der Waals surface area contributed by atoms with Crippen molar-refractivity contribution in [3.05, 3.63) is 29.8 Å². The normalized spacial score (nSPS) is 15.0. The quantitative estimate of drug-likeness (QED) is 0.345. The van der Waals surface area contributed by atoms with E-state index in [1.807, 2.05) is 29.2 Å². The maximum absolute atomic E-state index is 12.9. The first-order valence-electron chi connectivity index (χ1n) is 12.7. The molecule has 0 bridgehead atoms. The largest absolute Gasteiger partial charge is 0.492 e. The van der Waals surface area contributed by atoms with E-state index in [1.54, 1.807) is 6.92 Å². The molecule has 0 radical (unpaired) electrons. The Balaban J connectivity index is 1.83. The van der Waals surface area contributed by atoms with Gasteiger partial charge in [0, 0.05) is 38.8 Å². The maximum atomic E-state index is 12.9. The van der Waals surface area contributed by atoms with Crippen LogP contribution in [0.3, 0.4) is 0 Å². The number of carboxylic acids is 1. The summed E-state index contributed by atoms with van der Waals surface area (Å²) in [6.45, 7) is 7.09. The SMILES string of the molecule is CCCOCCCN(CCOc1ccc(CC(OCC)C(=O)O)cc1)C(=O)NC1CCCCC1. The molecule has 1 saturated carbocycles. The van der Waals surface area contributed by atoms with Gasteiger partial charge < -0.3 is 29.5 Å². The van der Waals surface area contributed by atoms with Gasteiger partial charge in [-0.3, -0.25) is 0 Å². The number of urea groups is 1. The van der Waals surface area contributed by atoms with Crippen molar-refractivity contribution in [3.8, 4) is 5.75 Å². The van der Waals surface area contributed by atoms with Gasteiger partial charge in [-0.15, -0.1) is 0 Å². The zero-order chi connectivity index (χ0) is 24.6. The molecule has 34 heavy (non-hydrogen) atoms. The summed E-state index contributed by atoms with van der Waals surface area (Å²) in [4.78, 5) is 26.0. The van der Waals surface area contributed by atoms with Gasteiger partial charge >= 0.3 is 12.0 Å². The lowest BCUT2D eigenvalue weighted by atomic mass is 9.96. The van der Waals surface area contributed by atoms with Crippen LogP contribution in [0.4, 0.5) is 4.79 Å². The van der Waals surface area contributed by atoms with E-state index in [1.165, 1.54) is 19.3 Å². The molecule has 2 rings (SSSR count). The van der Waals surface area contributed by atoms with Crippen LogP contribution < -0.4 is 10.1 Å². The number of nitrogens with one attached hydrogen (secondary N) is 1. The third-order valence-electron chi connectivity index (χ3n) is 5.90. The predicted octanol–water partition coefficient (Wildman–Crippen LogP) is 4.26. The van der Waals surface area contributed by atoms with E-state index >= 15 is 0 Å². The number of rotatable bonds is 16. The Labute approximate surface area is 203 Å². The Kier molecular flexibility index (Phi) is 13.4. The maximum Gasteiger partial charge on any atom is 0.333 e. The van der Waals surface area contributed by atoms with Gasteiger partial charge in [-0.25, -0.2) is 9.59 Å². The summed E-state index contributed by atoms with van der Waals surface area (Å²) < 4.78 is 16.7. The summed E-state index contributed by atoms with van der Waals surface area (Å²) in [5, 5.41) is 12.4. The molecule has 2 amide bonds. The fourth-order valence-corrected chi connectivity index (χ4v) is 4.06. The van der Waals surface area contributed by atoms with Crippen molar-refractivity contribution in [3.63, 3.8) is 0 Å². The van der Waals surface area contributed by atoms with Gasteiger partial charge in [0.15, 0.2) is 6.10 Å². The van der Waals surface area contributed by atoms with Gasteiger partial charge in [0.1, 0.15) is 12.4 Å². The average Bonchev–Trinajstić information content (AvgIpc) is 2.84. The van der Waals surface area contributed by atoms with Crippen LogP contribution in [0, 0.1) is 0 Å². The highest BCUT2D eigenvalue weighted by molar-refractivity contribution is 5.74. The van der Waals surface area contributed by atoms with Crippen LogP contribution in [0.5, 0.6) is 5.75 Å². The van der Waals surface area contributed by atoms with Crippen molar-refractivity contribution in [1.29, 1.82) is 0 Å². The van der Waals surface area contributed by atoms with Gasteiger partial charge in [0.2, 0.25) is 0 Å². The van der Waals surface area contributed by atoms with Crippen LogP contribution in [0.2, 0.25) is 0 Å². The Morgan fingerprint density at radius 1 is 1.06 bits per heavy atom. The first-order valence-corrected chi connectivity index (χ1v) is 12.7. The molecule has 0 saturated heterocycles. The summed E-state index contributed by atoms with van der Waals surface area (Å²) in [5.74, 6) is -0.278. The van der Waals surface area contributed by atoms with Crippen molar-refractivity contribution >= 4 is 12.0 Å². The van der Waals surface area contributed by atoms with Crippen LogP contribution >= 0.6 is 0 Å². The lowest BCUT2D eigenvalue weighted by Crippen LogP contribution is -2.47. The minimum Gasteiger partial charge on any atom is -0.492 e. The van der Waals surface area contributed by atoms with Gasteiger partial charge in [-0.1, -0.05) is 38.3 Å². The molecule has 1 aliphatic rings. The highest BCUT2D eigenvalue weighted by Crippen LogP contribution is 2.18. The minimum absolute atomic E-state index is 0.0306. The van der Waals surface area contributed by atoms with Gasteiger partial charge in [-0.2, -0.15) is 0 Å². The van der Waals surface area contributed by atoms with Crippen LogP contribution in [-0.2, 0) is 20.7 Å². The van der Waals surface area contributed by atoms with E-state index in [4.69, 9.17) is 14.2 Å². The van der Waals surface area contributed by atoms with Gasteiger partial charge in [-0.05, 0) is 50.3 Å². The van der Waals surface area contributed by atoms with Crippen molar-refractivity contribution in [2.24, 2.45) is 0 Å². The second-order valence-corrected chi connectivity index (χ2v) is 8.72. The number of carbonyl (C=O) groups excluding carboxylic acids is 1. The molecule has 0 heterocycles. The molecule has 8 nitrogen and oxygen atoms in total. The fourth-order valence-electron chi connectivity index (χ4n) is 4.06. The van der Waals surface area contributed by atoms with E-state index in [2.05, 4.69) is 12.2 Å². The Morgan fingerprint density at radius 2 is 1.79 bits per heavy atom. The number of hydrogen-bond acceptors (Lipinski definition) is 5. The third kappa shape index (κ3) is 10.7. The van der Waals surface area contributed by atoms with Crippen LogP contribution in [-0.4, -0.2) is 73.7 Å². The summed E-state index contributed by atoms with van der Waals surface area (Å²) in [5.41, 5.74) is 0.869. The van der Waals surface area contributed by atoms with Gasteiger partial charge in [0.25, 0.3) is 0 Å². The fraction of sp³-hybridized carbons (Fsp3) is 0.692. The molecule has 1 aromatic carbocycles. The number of carbonyl (C=O) groups is 2. The van der Waals surface area contributed by atoms with Gasteiger partial charge in [0.05, 0.1) is 6.54 Å². The lowest BCUT2D eigenvalue weighted by molar-refractivity contribution is -0.149. The van der Waals surface area contributed by atoms with Crippen molar-refractivity contribution < 1.29 is 28.9 Å². The Hall–Kier alpha value is -2.32. The molecule has 1 aliphatic carbocycles. The molecule has 1 atom stereocenters. The van der Waals surface area contributed by atoms with Crippen LogP contribution in [0.1, 0.15) is 64.4 Å². The van der Waals surface area contributed by atoms with E-state index in [-0.39, 0.29) is 12.1 Å². The molecular formula is C26H42N2O6. The second-order valence-electron chi connectivity index (χ2n) is 8.72. The molecule has 192 valence electrons. The molecule has 0 aliphatic heterocycles. The smallest absolute Gasteiger partial charge is 0.333 e. The number of carboxylic acid groups (broad SMARTS) is 1. The Morgan fingerprint density at radius 3 is 2.44 bits per heavy atom. The summed E-state index contributed by atoms with van der Waals surface area (Å²) >= 11 is 0. The molecule has 1 fully saturated rings. The predicted molar refractivity (Wildman–Crippen MR) is 131 cm³/mol. The van der Waals surface area contributed by atoms with Crippen LogP contribution in [0.15, 0.2) is 24.3 Å². The molecule has 8 heteroatoms. The summed E-state index contributed by atoms with van der Waals surface area (Å²) in [6, 6.07) is 7.58. The molecule has 0 aromatic heterocycles. The van der Waals surface area contributed by atoms with E-state index in [0.29, 0.717) is 45.1 Å². The van der Waals surface area contributed by atoms with Crippen molar-refractivity contribution in [2.75, 3.05) is 39.5 Å². The number of ether oxygens (including phenoxy) is 3. The summed E-state index contributed by atoms with van der Waals surface area (Å²) in [6.07, 6.45) is 6.92. The lowest BCUT2D eigenvalue weighted by Gasteiger charge is -2.28. The first-order chi connectivity index (χ1) is 16.5. The zero-order valence-electron chi connectivity index (χ0n) is 20.8. The zero-order valence-corrected chi connectivity index (χ0v) is 20.8. The van der Waals surface area contributed by atoms with E-state index in [9.17, 15) is 14.7 Å². The van der Waals surface area contributed by atoms with E-state index < -0.39 is 12.1 Å². The minimum atomic E-state index is -0.964. The third-order valence-corrected chi connectivity index (χ3v) is 5.90. The average molecular weight is 479 g/mol. The van der Waals surface area contributed by atoms with Crippen molar-refractivity contribution in [2.45, 2.75) is 77.4 Å².